The Morgan fingerprint density at radius 2 is 1.55 bits per heavy atom. The standard InChI is InChI=1S/C20H22F2N2O5S2/c1-15-2-5-17(6-3-15)30(25,26)24-12-13-29-20(24)8-10-23(11-9-20)31(27,28)19-14-16(21)4-7-18(19)22/h2-7,14H,8-13H2,1H3. The number of hydrogen-bond donors (Lipinski definition) is 0. The van der Waals surface area contributed by atoms with Crippen LogP contribution >= 0.6 is 0 Å². The van der Waals surface area contributed by atoms with Crippen LogP contribution in [0, 0.1) is 18.6 Å². The molecule has 7 nitrogen and oxygen atoms in total. The van der Waals surface area contributed by atoms with Crippen LogP contribution in [-0.4, -0.2) is 57.4 Å². The number of hydrogen-bond acceptors (Lipinski definition) is 5. The molecule has 2 aliphatic heterocycles. The van der Waals surface area contributed by atoms with E-state index in [0.717, 1.165) is 22.0 Å². The molecule has 2 fully saturated rings. The molecule has 2 aromatic rings. The third-order valence-electron chi connectivity index (χ3n) is 5.74. The molecule has 0 aromatic heterocycles. The monoisotopic (exact) mass is 472 g/mol. The van der Waals surface area contributed by atoms with Gasteiger partial charge in [-0.25, -0.2) is 25.6 Å². The maximum Gasteiger partial charge on any atom is 0.246 e. The lowest BCUT2D eigenvalue weighted by Gasteiger charge is -2.42. The van der Waals surface area contributed by atoms with Gasteiger partial charge in [0.05, 0.1) is 11.5 Å². The van der Waals surface area contributed by atoms with Crippen molar-refractivity contribution in [2.45, 2.75) is 35.3 Å². The van der Waals surface area contributed by atoms with Crippen molar-refractivity contribution in [3.05, 3.63) is 59.7 Å². The van der Waals surface area contributed by atoms with Crippen molar-refractivity contribution in [3.8, 4) is 0 Å². The second-order valence-corrected chi connectivity index (χ2v) is 11.4. The Hall–Kier alpha value is -1.92. The summed E-state index contributed by atoms with van der Waals surface area (Å²) in [5.74, 6) is -1.90. The first-order valence-corrected chi connectivity index (χ1v) is 12.6. The van der Waals surface area contributed by atoms with Gasteiger partial charge in [-0.05, 0) is 37.3 Å². The van der Waals surface area contributed by atoms with Gasteiger partial charge in [0.1, 0.15) is 22.3 Å². The topological polar surface area (TPSA) is 84.0 Å². The van der Waals surface area contributed by atoms with E-state index in [2.05, 4.69) is 0 Å². The Balaban J connectivity index is 1.58. The minimum atomic E-state index is -4.28. The molecule has 0 unspecified atom stereocenters. The number of piperidine rings is 1. The number of aryl methyl sites for hydroxylation is 1. The molecular weight excluding hydrogens is 450 g/mol. The average molecular weight is 473 g/mol. The molecule has 0 bridgehead atoms. The van der Waals surface area contributed by atoms with E-state index in [1.807, 2.05) is 6.92 Å². The first-order valence-electron chi connectivity index (χ1n) is 9.75. The van der Waals surface area contributed by atoms with Gasteiger partial charge in [0.25, 0.3) is 0 Å². The van der Waals surface area contributed by atoms with Crippen LogP contribution in [0.15, 0.2) is 52.3 Å². The Labute approximate surface area is 180 Å². The molecule has 2 aliphatic rings. The van der Waals surface area contributed by atoms with E-state index in [9.17, 15) is 25.6 Å². The van der Waals surface area contributed by atoms with Crippen LogP contribution in [0.2, 0.25) is 0 Å². The number of benzene rings is 2. The van der Waals surface area contributed by atoms with Gasteiger partial charge in [-0.3, -0.25) is 0 Å². The number of sulfonamides is 2. The van der Waals surface area contributed by atoms with E-state index in [4.69, 9.17) is 4.74 Å². The van der Waals surface area contributed by atoms with Crippen LogP contribution in [0.3, 0.4) is 0 Å². The maximum atomic E-state index is 14.1. The molecule has 1 spiro atoms. The minimum Gasteiger partial charge on any atom is -0.358 e. The fourth-order valence-electron chi connectivity index (χ4n) is 4.05. The van der Waals surface area contributed by atoms with Crippen LogP contribution < -0.4 is 0 Å². The van der Waals surface area contributed by atoms with Crippen LogP contribution in [0.5, 0.6) is 0 Å². The van der Waals surface area contributed by atoms with Gasteiger partial charge in [-0.2, -0.15) is 8.61 Å². The summed E-state index contributed by atoms with van der Waals surface area (Å²) in [6.07, 6.45) is 0.155. The van der Waals surface area contributed by atoms with Crippen molar-refractivity contribution in [2.24, 2.45) is 0 Å². The molecule has 11 heteroatoms. The Kier molecular flexibility index (Phi) is 5.67. The Morgan fingerprint density at radius 1 is 0.903 bits per heavy atom. The fraction of sp³-hybridized carbons (Fsp3) is 0.400. The van der Waals surface area contributed by atoms with Crippen LogP contribution in [0.1, 0.15) is 18.4 Å². The summed E-state index contributed by atoms with van der Waals surface area (Å²) in [5, 5.41) is 0. The lowest BCUT2D eigenvalue weighted by atomic mass is 10.0. The molecule has 2 saturated heterocycles. The van der Waals surface area contributed by atoms with Crippen LogP contribution in [0.4, 0.5) is 8.78 Å². The van der Waals surface area contributed by atoms with Gasteiger partial charge in [0.15, 0.2) is 0 Å². The average Bonchev–Trinajstić information content (AvgIpc) is 3.14. The van der Waals surface area contributed by atoms with Crippen molar-refractivity contribution in [1.82, 2.24) is 8.61 Å². The zero-order valence-electron chi connectivity index (χ0n) is 16.8. The fourth-order valence-corrected chi connectivity index (χ4v) is 7.29. The van der Waals surface area contributed by atoms with E-state index in [1.54, 1.807) is 12.1 Å². The molecule has 0 amide bonds. The Bertz CT molecular complexity index is 1190. The predicted molar refractivity (Wildman–Crippen MR) is 108 cm³/mol. The van der Waals surface area contributed by atoms with E-state index in [1.165, 1.54) is 16.4 Å². The minimum absolute atomic E-state index is 0.0776. The van der Waals surface area contributed by atoms with Crippen LogP contribution in [-0.2, 0) is 24.8 Å². The second-order valence-electron chi connectivity index (χ2n) is 7.66. The number of rotatable bonds is 4. The van der Waals surface area contributed by atoms with Gasteiger partial charge >= 0.3 is 0 Å². The van der Waals surface area contributed by atoms with E-state index in [0.29, 0.717) is 6.07 Å². The molecule has 168 valence electrons. The summed E-state index contributed by atoms with van der Waals surface area (Å²) in [6.45, 7) is 2.03. The molecule has 2 heterocycles. The first kappa shape index (κ1) is 22.3. The van der Waals surface area contributed by atoms with E-state index >= 15 is 0 Å². The smallest absolute Gasteiger partial charge is 0.246 e. The highest BCUT2D eigenvalue weighted by Crippen LogP contribution is 2.39. The number of halogens is 2. The number of ether oxygens (including phenoxy) is 1. The van der Waals surface area contributed by atoms with Crippen molar-refractivity contribution >= 4 is 20.0 Å². The highest BCUT2D eigenvalue weighted by atomic mass is 32.2. The van der Waals surface area contributed by atoms with Crippen molar-refractivity contribution < 1.29 is 30.4 Å². The van der Waals surface area contributed by atoms with Gasteiger partial charge < -0.3 is 4.74 Å². The van der Waals surface area contributed by atoms with E-state index in [-0.39, 0.29) is 44.0 Å². The third kappa shape index (κ3) is 3.89. The summed E-state index contributed by atoms with van der Waals surface area (Å²) in [4.78, 5) is -0.597. The molecule has 2 aromatic carbocycles. The lowest BCUT2D eigenvalue weighted by Crippen LogP contribution is -2.55. The van der Waals surface area contributed by atoms with Crippen LogP contribution in [0.25, 0.3) is 0 Å². The second kappa shape index (κ2) is 7.89. The molecule has 0 N–H and O–H groups in total. The maximum absolute atomic E-state index is 14.1. The molecule has 31 heavy (non-hydrogen) atoms. The van der Waals surface area contributed by atoms with E-state index < -0.39 is 42.3 Å². The summed E-state index contributed by atoms with van der Waals surface area (Å²) in [5.41, 5.74) is -0.245. The normalized spacial score (nSPS) is 20.4. The molecule has 0 atom stereocenters. The zero-order chi connectivity index (χ0) is 22.4. The number of nitrogens with zero attached hydrogens (tertiary/aromatic N) is 2. The molecule has 0 aliphatic carbocycles. The van der Waals surface area contributed by atoms with Gasteiger partial charge in [0.2, 0.25) is 20.0 Å². The first-order chi connectivity index (χ1) is 14.6. The Morgan fingerprint density at radius 3 is 2.19 bits per heavy atom. The highest BCUT2D eigenvalue weighted by Gasteiger charge is 2.51. The van der Waals surface area contributed by atoms with Gasteiger partial charge in [-0.1, -0.05) is 17.7 Å². The third-order valence-corrected chi connectivity index (χ3v) is 9.62. The van der Waals surface area contributed by atoms with Crippen molar-refractivity contribution in [2.75, 3.05) is 26.2 Å². The lowest BCUT2D eigenvalue weighted by molar-refractivity contribution is -0.0806. The quantitative estimate of drug-likeness (QED) is 0.683. The summed E-state index contributed by atoms with van der Waals surface area (Å²) in [7, 11) is -8.13. The van der Waals surface area contributed by atoms with Gasteiger partial charge in [-0.15, -0.1) is 0 Å². The van der Waals surface area contributed by atoms with Gasteiger partial charge in [0, 0.05) is 32.5 Å². The van der Waals surface area contributed by atoms with Crippen molar-refractivity contribution in [3.63, 3.8) is 0 Å². The largest absolute Gasteiger partial charge is 0.358 e. The summed E-state index contributed by atoms with van der Waals surface area (Å²) >= 11 is 0. The zero-order valence-corrected chi connectivity index (χ0v) is 18.4. The summed E-state index contributed by atoms with van der Waals surface area (Å²) in [6, 6.07) is 8.74. The SMILES string of the molecule is Cc1ccc(S(=O)(=O)N2CCOC23CCN(S(=O)(=O)c2cc(F)ccc2F)CC3)cc1. The molecule has 0 radical (unpaired) electrons. The molecule has 0 saturated carbocycles. The molecular formula is C20H22F2N2O5S2. The van der Waals surface area contributed by atoms with Crippen molar-refractivity contribution in [1.29, 1.82) is 0 Å². The molecule has 4 rings (SSSR count). The predicted octanol–water partition coefficient (Wildman–Crippen LogP) is 2.48. The highest BCUT2D eigenvalue weighted by molar-refractivity contribution is 7.89. The summed E-state index contributed by atoms with van der Waals surface area (Å²) < 4.78 is 87.9.